The van der Waals surface area contributed by atoms with Crippen molar-refractivity contribution in [1.29, 1.82) is 5.26 Å². The Labute approximate surface area is 113 Å². The van der Waals surface area contributed by atoms with Gasteiger partial charge in [-0.15, -0.1) is 0 Å². The minimum atomic E-state index is -0.272. The summed E-state index contributed by atoms with van der Waals surface area (Å²) in [6, 6.07) is 7.70. The van der Waals surface area contributed by atoms with Crippen molar-refractivity contribution < 1.29 is 0 Å². The second-order valence-corrected chi connectivity index (χ2v) is 5.44. The van der Waals surface area contributed by atoms with Gasteiger partial charge in [0, 0.05) is 6.54 Å². The Balaban J connectivity index is 2.45. The fourth-order valence-electron chi connectivity index (χ4n) is 1.47. The van der Waals surface area contributed by atoms with E-state index in [4.69, 9.17) is 28.5 Å². The normalized spacial score (nSPS) is 11.0. The Kier molecular flexibility index (Phi) is 5.11. The summed E-state index contributed by atoms with van der Waals surface area (Å²) in [5.41, 5.74) is 0.497. The molecule has 0 amide bonds. The minimum absolute atomic E-state index is 0.272. The van der Waals surface area contributed by atoms with E-state index < -0.39 is 0 Å². The maximum Gasteiger partial charge on any atom is 0.0718 e. The van der Waals surface area contributed by atoms with Crippen LogP contribution in [0.3, 0.4) is 0 Å². The molecule has 0 unspecified atom stereocenters. The molecule has 0 saturated carbocycles. The molecule has 0 bridgehead atoms. The standard InChI is InChI=1S/C13H16Cl2N2/c1-13(2,9-16)7-4-8-17-12-10(14)5-3-6-11(12)15/h3,5-6,17H,4,7-8H2,1-2H3. The summed E-state index contributed by atoms with van der Waals surface area (Å²) in [5.74, 6) is 0. The van der Waals surface area contributed by atoms with Crippen LogP contribution < -0.4 is 5.32 Å². The van der Waals surface area contributed by atoms with E-state index >= 15 is 0 Å². The molecule has 2 nitrogen and oxygen atoms in total. The summed E-state index contributed by atoms with van der Waals surface area (Å²) in [5, 5.41) is 13.3. The van der Waals surface area contributed by atoms with Crippen molar-refractivity contribution in [2.24, 2.45) is 5.41 Å². The van der Waals surface area contributed by atoms with Crippen LogP contribution in [0.5, 0.6) is 0 Å². The zero-order valence-corrected chi connectivity index (χ0v) is 11.6. The average molecular weight is 271 g/mol. The highest BCUT2D eigenvalue weighted by atomic mass is 35.5. The van der Waals surface area contributed by atoms with Gasteiger partial charge in [-0.05, 0) is 38.8 Å². The highest BCUT2D eigenvalue weighted by molar-refractivity contribution is 6.39. The predicted octanol–water partition coefficient (Wildman–Crippen LogP) is 4.74. The Morgan fingerprint density at radius 3 is 2.41 bits per heavy atom. The topological polar surface area (TPSA) is 35.8 Å². The summed E-state index contributed by atoms with van der Waals surface area (Å²) in [6.07, 6.45) is 1.75. The lowest BCUT2D eigenvalue weighted by Crippen LogP contribution is -2.11. The van der Waals surface area contributed by atoms with Crippen LogP contribution in [-0.2, 0) is 0 Å². The van der Waals surface area contributed by atoms with Gasteiger partial charge in [0.05, 0.1) is 27.2 Å². The number of halogens is 2. The zero-order chi connectivity index (χ0) is 12.9. The summed E-state index contributed by atoms with van der Waals surface area (Å²) in [7, 11) is 0. The summed E-state index contributed by atoms with van der Waals surface area (Å²) in [4.78, 5) is 0. The highest BCUT2D eigenvalue weighted by Crippen LogP contribution is 2.30. The maximum absolute atomic E-state index is 8.89. The van der Waals surface area contributed by atoms with Crippen molar-refractivity contribution in [2.45, 2.75) is 26.7 Å². The zero-order valence-electron chi connectivity index (χ0n) is 10.1. The lowest BCUT2D eigenvalue weighted by Gasteiger charge is -2.15. The summed E-state index contributed by atoms with van der Waals surface area (Å²) in [6.45, 7) is 4.64. The Morgan fingerprint density at radius 2 is 1.88 bits per heavy atom. The van der Waals surface area contributed by atoms with Crippen LogP contribution in [0, 0.1) is 16.7 Å². The minimum Gasteiger partial charge on any atom is -0.383 e. The number of hydrogen-bond donors (Lipinski definition) is 1. The number of nitrogens with zero attached hydrogens (tertiary/aromatic N) is 1. The first-order chi connectivity index (χ1) is 7.96. The van der Waals surface area contributed by atoms with E-state index in [1.54, 1.807) is 12.1 Å². The second kappa shape index (κ2) is 6.14. The van der Waals surface area contributed by atoms with E-state index in [-0.39, 0.29) is 5.41 Å². The molecule has 1 aromatic rings. The van der Waals surface area contributed by atoms with Gasteiger partial charge in [-0.25, -0.2) is 0 Å². The number of benzene rings is 1. The molecule has 1 aromatic carbocycles. The van der Waals surface area contributed by atoms with Crippen molar-refractivity contribution in [2.75, 3.05) is 11.9 Å². The van der Waals surface area contributed by atoms with Crippen molar-refractivity contribution in [3.63, 3.8) is 0 Å². The Hall–Kier alpha value is -0.910. The first kappa shape index (κ1) is 14.2. The molecule has 17 heavy (non-hydrogen) atoms. The molecule has 0 aliphatic rings. The molecule has 0 aliphatic heterocycles. The molecule has 0 aromatic heterocycles. The SMILES string of the molecule is CC(C)(C#N)CCCNc1c(Cl)cccc1Cl. The number of hydrogen-bond acceptors (Lipinski definition) is 2. The molecule has 0 fully saturated rings. The van der Waals surface area contributed by atoms with Gasteiger partial charge >= 0.3 is 0 Å². The van der Waals surface area contributed by atoms with Crippen molar-refractivity contribution in [3.8, 4) is 6.07 Å². The van der Waals surface area contributed by atoms with E-state index in [0.717, 1.165) is 25.1 Å². The highest BCUT2D eigenvalue weighted by Gasteiger charge is 2.15. The molecule has 0 radical (unpaired) electrons. The van der Waals surface area contributed by atoms with E-state index in [1.165, 1.54) is 0 Å². The summed E-state index contributed by atoms with van der Waals surface area (Å²) < 4.78 is 0. The van der Waals surface area contributed by atoms with Gasteiger partial charge in [0.25, 0.3) is 0 Å². The van der Waals surface area contributed by atoms with Crippen molar-refractivity contribution in [3.05, 3.63) is 28.2 Å². The van der Waals surface area contributed by atoms with Crippen LogP contribution >= 0.6 is 23.2 Å². The van der Waals surface area contributed by atoms with Gasteiger partial charge in [0.1, 0.15) is 0 Å². The van der Waals surface area contributed by atoms with E-state index in [0.29, 0.717) is 10.0 Å². The molecular weight excluding hydrogens is 255 g/mol. The summed E-state index contributed by atoms with van der Waals surface area (Å²) >= 11 is 12.1. The monoisotopic (exact) mass is 270 g/mol. The van der Waals surface area contributed by atoms with Gasteiger partial charge in [-0.3, -0.25) is 0 Å². The van der Waals surface area contributed by atoms with Crippen LogP contribution in [0.4, 0.5) is 5.69 Å². The first-order valence-corrected chi connectivity index (χ1v) is 6.31. The van der Waals surface area contributed by atoms with Gasteiger partial charge in [0.15, 0.2) is 0 Å². The third kappa shape index (κ3) is 4.46. The molecule has 1 N–H and O–H groups in total. The van der Waals surface area contributed by atoms with Gasteiger partial charge in [-0.1, -0.05) is 29.3 Å². The largest absolute Gasteiger partial charge is 0.383 e. The van der Waals surface area contributed by atoms with Crippen LogP contribution in [0.15, 0.2) is 18.2 Å². The second-order valence-electron chi connectivity index (χ2n) is 4.62. The van der Waals surface area contributed by atoms with E-state index in [1.807, 2.05) is 19.9 Å². The van der Waals surface area contributed by atoms with Gasteiger partial charge < -0.3 is 5.32 Å². The Morgan fingerprint density at radius 1 is 1.29 bits per heavy atom. The molecule has 0 atom stereocenters. The fourth-order valence-corrected chi connectivity index (χ4v) is 2.00. The maximum atomic E-state index is 8.89. The molecule has 0 spiro atoms. The third-order valence-corrected chi connectivity index (χ3v) is 3.18. The van der Waals surface area contributed by atoms with Crippen LogP contribution in [0.25, 0.3) is 0 Å². The smallest absolute Gasteiger partial charge is 0.0718 e. The molecule has 0 aliphatic carbocycles. The number of rotatable bonds is 5. The molecule has 0 heterocycles. The van der Waals surface area contributed by atoms with Crippen molar-refractivity contribution in [1.82, 2.24) is 0 Å². The Bertz CT molecular complexity index is 402. The molecule has 4 heteroatoms. The number of para-hydroxylation sites is 1. The lowest BCUT2D eigenvalue weighted by atomic mass is 9.90. The van der Waals surface area contributed by atoms with Gasteiger partial charge in [-0.2, -0.15) is 5.26 Å². The van der Waals surface area contributed by atoms with E-state index in [2.05, 4.69) is 11.4 Å². The van der Waals surface area contributed by atoms with Crippen LogP contribution in [0.1, 0.15) is 26.7 Å². The van der Waals surface area contributed by atoms with Crippen molar-refractivity contribution >= 4 is 28.9 Å². The number of nitriles is 1. The number of nitrogens with one attached hydrogen (secondary N) is 1. The average Bonchev–Trinajstić information content (AvgIpc) is 2.27. The molecular formula is C13H16Cl2N2. The predicted molar refractivity (Wildman–Crippen MR) is 73.6 cm³/mol. The lowest BCUT2D eigenvalue weighted by molar-refractivity contribution is 0.441. The molecule has 0 saturated heterocycles. The third-order valence-electron chi connectivity index (χ3n) is 2.55. The molecule has 92 valence electrons. The quantitative estimate of drug-likeness (QED) is 0.785. The van der Waals surface area contributed by atoms with Crippen LogP contribution in [-0.4, -0.2) is 6.54 Å². The van der Waals surface area contributed by atoms with Gasteiger partial charge in [0.2, 0.25) is 0 Å². The van der Waals surface area contributed by atoms with Crippen LogP contribution in [0.2, 0.25) is 10.0 Å². The van der Waals surface area contributed by atoms with E-state index in [9.17, 15) is 0 Å². The number of anilines is 1. The molecule has 1 rings (SSSR count). The first-order valence-electron chi connectivity index (χ1n) is 5.55. The fraction of sp³-hybridized carbons (Fsp3) is 0.462.